The van der Waals surface area contributed by atoms with Crippen LogP contribution in [0.3, 0.4) is 0 Å². The zero-order chi connectivity index (χ0) is 31.4. The molecular weight excluding hydrogens is 556 g/mol. The molecule has 0 bridgehead atoms. The number of carbonyl (C=O) groups excluding carboxylic acids is 5. The van der Waals surface area contributed by atoms with Gasteiger partial charge in [0.15, 0.2) is 23.0 Å². The molecule has 1 amide bonds. The van der Waals surface area contributed by atoms with Crippen molar-refractivity contribution in [1.29, 1.82) is 0 Å². The Kier molecular flexibility index (Phi) is 8.02. The molecule has 2 fully saturated rings. The van der Waals surface area contributed by atoms with Crippen molar-refractivity contribution in [2.45, 2.75) is 50.4 Å². The van der Waals surface area contributed by atoms with E-state index in [9.17, 15) is 39.3 Å². The van der Waals surface area contributed by atoms with Gasteiger partial charge in [-0.3, -0.25) is 24.0 Å². The van der Waals surface area contributed by atoms with Gasteiger partial charge in [0.05, 0.1) is 30.6 Å². The normalized spacial score (nSPS) is 30.0. The molecule has 0 aromatic heterocycles. The molecule has 0 spiro atoms. The first-order valence-electron chi connectivity index (χ1n) is 14.4. The average Bonchev–Trinajstić information content (AvgIpc) is 2.94. The molecule has 5 N–H and O–H groups in total. The number of phenolic OH excluding ortho intramolecular Hbond substituents is 1. The fourth-order valence-corrected chi connectivity index (χ4v) is 7.33. The van der Waals surface area contributed by atoms with Crippen LogP contribution in [-0.4, -0.2) is 87.9 Å². The van der Waals surface area contributed by atoms with Crippen LogP contribution in [0.2, 0.25) is 0 Å². The molecule has 3 aliphatic rings. The molecule has 5 rings (SSSR count). The number of hydrogen-bond acceptors (Lipinski definition) is 10. The number of likely N-dealkylation sites (N-methyl/N-ethyl adjacent to an activating group) is 1. The van der Waals surface area contributed by atoms with Crippen LogP contribution in [0.5, 0.6) is 5.75 Å². The van der Waals surface area contributed by atoms with E-state index in [1.807, 2.05) is 6.92 Å². The van der Waals surface area contributed by atoms with E-state index in [4.69, 9.17) is 10.5 Å². The number of aliphatic hydroxyl groups is 2. The van der Waals surface area contributed by atoms with Crippen molar-refractivity contribution in [1.82, 2.24) is 4.90 Å². The summed E-state index contributed by atoms with van der Waals surface area (Å²) in [7, 11) is 3.20. The summed E-state index contributed by atoms with van der Waals surface area (Å²) in [4.78, 5) is 67.1. The Labute approximate surface area is 248 Å². The highest BCUT2D eigenvalue weighted by molar-refractivity contribution is 6.25. The SMILES string of the molecule is CCCOC(=O)Cc1ccc(-c2ccc(O)c3c2C[C@@H]2C[C@@H]4[C@@H](N(C)C)C(O)C(C(N)=O)C(=O)[C@]4(O)C(=O)C2C3=O)cc1. The molecule has 2 aromatic carbocycles. The maximum atomic E-state index is 14.0. The van der Waals surface area contributed by atoms with Crippen molar-refractivity contribution in [3.05, 3.63) is 53.1 Å². The number of aromatic hydroxyl groups is 1. The second-order valence-electron chi connectivity index (χ2n) is 12.0. The highest BCUT2D eigenvalue weighted by Crippen LogP contribution is 2.52. The summed E-state index contributed by atoms with van der Waals surface area (Å²) in [6.07, 6.45) is -0.509. The van der Waals surface area contributed by atoms with Crippen molar-refractivity contribution in [2.75, 3.05) is 20.7 Å². The summed E-state index contributed by atoms with van der Waals surface area (Å²) < 4.78 is 5.15. The maximum Gasteiger partial charge on any atom is 0.310 e. The van der Waals surface area contributed by atoms with E-state index >= 15 is 0 Å². The van der Waals surface area contributed by atoms with Gasteiger partial charge in [0.2, 0.25) is 5.91 Å². The smallest absolute Gasteiger partial charge is 0.310 e. The van der Waals surface area contributed by atoms with Crippen molar-refractivity contribution in [3.8, 4) is 16.9 Å². The summed E-state index contributed by atoms with van der Waals surface area (Å²) in [6, 6.07) is 9.25. The van der Waals surface area contributed by atoms with Gasteiger partial charge in [0.25, 0.3) is 0 Å². The Hall–Kier alpha value is -3.93. The number of Topliss-reactive ketones (excluding diaryl/α,β-unsaturated/α-hetero) is 3. The monoisotopic (exact) mass is 592 g/mol. The quantitative estimate of drug-likeness (QED) is 0.265. The van der Waals surface area contributed by atoms with Crippen LogP contribution in [0.25, 0.3) is 11.1 Å². The lowest BCUT2D eigenvalue weighted by Crippen LogP contribution is -2.75. The Morgan fingerprint density at radius 1 is 1.07 bits per heavy atom. The molecule has 0 radical (unpaired) electrons. The largest absolute Gasteiger partial charge is 0.507 e. The van der Waals surface area contributed by atoms with Crippen LogP contribution in [0.4, 0.5) is 0 Å². The zero-order valence-corrected chi connectivity index (χ0v) is 24.3. The molecule has 43 heavy (non-hydrogen) atoms. The molecule has 2 saturated carbocycles. The van der Waals surface area contributed by atoms with Gasteiger partial charge in [-0.25, -0.2) is 0 Å². The molecule has 3 aliphatic carbocycles. The lowest BCUT2D eigenvalue weighted by atomic mass is 9.52. The standard InChI is InChI=1S/C32H36N2O9/c1-4-11-43-22(36)12-15-5-7-16(8-6-15)18-9-10-21(35)24-19(18)13-17-14-20-26(34(2)3)28(38)25(31(33)41)30(40)32(20,42)29(39)23(17)27(24)37/h5-10,17,20,23,25-26,28,35,38,42H,4,11-14H2,1-3H3,(H2,33,41)/t17-,20-,23?,25?,26-,28?,32-/m1/s1. The third-order valence-electron chi connectivity index (χ3n) is 9.25. The number of nitrogens with two attached hydrogens (primary N) is 1. The van der Waals surface area contributed by atoms with E-state index < -0.39 is 64.7 Å². The summed E-state index contributed by atoms with van der Waals surface area (Å²) in [5.41, 5.74) is 5.32. The molecule has 228 valence electrons. The van der Waals surface area contributed by atoms with E-state index in [-0.39, 0.29) is 36.5 Å². The van der Waals surface area contributed by atoms with Gasteiger partial charge >= 0.3 is 5.97 Å². The minimum absolute atomic E-state index is 0.0309. The van der Waals surface area contributed by atoms with Crippen LogP contribution in [0, 0.1) is 23.7 Å². The van der Waals surface area contributed by atoms with E-state index in [0.717, 1.165) is 17.5 Å². The number of amides is 1. The number of carbonyl (C=O) groups is 5. The highest BCUT2D eigenvalue weighted by Gasteiger charge is 2.69. The zero-order valence-electron chi connectivity index (χ0n) is 24.3. The van der Waals surface area contributed by atoms with Gasteiger partial charge in [-0.05, 0) is 67.6 Å². The summed E-state index contributed by atoms with van der Waals surface area (Å²) in [6.45, 7) is 2.26. The van der Waals surface area contributed by atoms with Crippen LogP contribution >= 0.6 is 0 Å². The predicted octanol–water partition coefficient (Wildman–Crippen LogP) is 0.822. The van der Waals surface area contributed by atoms with E-state index in [1.165, 1.54) is 6.07 Å². The topological polar surface area (TPSA) is 185 Å². The highest BCUT2D eigenvalue weighted by atomic mass is 16.5. The number of primary amides is 1. The summed E-state index contributed by atoms with van der Waals surface area (Å²) in [5, 5.41) is 33.5. The second kappa shape index (κ2) is 11.3. The maximum absolute atomic E-state index is 14.0. The number of ether oxygens (including phenoxy) is 1. The number of fused-ring (bicyclic) bond motifs is 3. The third kappa shape index (κ3) is 4.85. The van der Waals surface area contributed by atoms with Gasteiger partial charge in [0.1, 0.15) is 11.7 Å². The molecule has 11 heteroatoms. The molecule has 11 nitrogen and oxygen atoms in total. The van der Waals surface area contributed by atoms with Crippen molar-refractivity contribution >= 4 is 29.2 Å². The number of nitrogens with zero attached hydrogens (tertiary/aromatic N) is 1. The first-order chi connectivity index (χ1) is 20.3. The number of hydrogen-bond donors (Lipinski definition) is 4. The van der Waals surface area contributed by atoms with Crippen LogP contribution in [0.15, 0.2) is 36.4 Å². The first-order valence-corrected chi connectivity index (χ1v) is 14.4. The lowest BCUT2D eigenvalue weighted by molar-refractivity contribution is -0.190. The van der Waals surface area contributed by atoms with Crippen LogP contribution in [-0.2, 0) is 36.8 Å². The summed E-state index contributed by atoms with van der Waals surface area (Å²) in [5.74, 6) is -9.77. The lowest BCUT2D eigenvalue weighted by Gasteiger charge is -2.54. The molecule has 3 unspecified atom stereocenters. The number of rotatable bonds is 7. The van der Waals surface area contributed by atoms with Crippen molar-refractivity contribution in [2.24, 2.45) is 29.4 Å². The molecule has 0 aliphatic heterocycles. The minimum Gasteiger partial charge on any atom is -0.507 e. The van der Waals surface area contributed by atoms with Crippen LogP contribution in [0.1, 0.15) is 41.3 Å². The van der Waals surface area contributed by atoms with E-state index in [1.54, 1.807) is 49.3 Å². The first kappa shape index (κ1) is 30.5. The Morgan fingerprint density at radius 3 is 2.35 bits per heavy atom. The number of esters is 1. The Morgan fingerprint density at radius 2 is 1.74 bits per heavy atom. The molecular formula is C32H36N2O9. The van der Waals surface area contributed by atoms with Gasteiger partial charge in [-0.1, -0.05) is 37.3 Å². The number of aliphatic hydroxyl groups excluding tert-OH is 1. The fourth-order valence-electron chi connectivity index (χ4n) is 7.33. The Balaban J connectivity index is 1.53. The average molecular weight is 593 g/mol. The third-order valence-corrected chi connectivity index (χ3v) is 9.25. The number of phenols is 1. The molecule has 2 aromatic rings. The predicted molar refractivity (Wildman–Crippen MR) is 153 cm³/mol. The van der Waals surface area contributed by atoms with Gasteiger partial charge in [0, 0.05) is 12.0 Å². The van der Waals surface area contributed by atoms with E-state index in [0.29, 0.717) is 17.7 Å². The van der Waals surface area contributed by atoms with Crippen molar-refractivity contribution in [3.63, 3.8) is 0 Å². The van der Waals surface area contributed by atoms with Gasteiger partial charge in [-0.2, -0.15) is 0 Å². The van der Waals surface area contributed by atoms with E-state index in [2.05, 4.69) is 0 Å². The fraction of sp³-hybridized carbons (Fsp3) is 0.469. The van der Waals surface area contributed by atoms with Gasteiger partial charge in [-0.15, -0.1) is 0 Å². The number of ketones is 3. The minimum atomic E-state index is -2.70. The Bertz CT molecular complexity index is 1500. The van der Waals surface area contributed by atoms with Crippen molar-refractivity contribution < 1.29 is 44.0 Å². The molecule has 0 saturated heterocycles. The summed E-state index contributed by atoms with van der Waals surface area (Å²) >= 11 is 0. The molecule has 0 heterocycles. The number of benzene rings is 2. The van der Waals surface area contributed by atoms with Crippen LogP contribution < -0.4 is 5.73 Å². The second-order valence-corrected chi connectivity index (χ2v) is 12.0. The molecule has 7 atom stereocenters. The van der Waals surface area contributed by atoms with Gasteiger partial charge < -0.3 is 30.7 Å².